The first kappa shape index (κ1) is 13.4. The van der Waals surface area contributed by atoms with Crippen LogP contribution in [0.15, 0.2) is 40.8 Å². The largest absolute Gasteiger partial charge is 0.491 e. The van der Waals surface area contributed by atoms with E-state index in [2.05, 4.69) is 0 Å². The normalized spacial score (nSPS) is 10.7. The molecule has 1 aromatic carbocycles. The molecule has 0 atom stereocenters. The first-order chi connectivity index (χ1) is 9.10. The number of benzene rings is 1. The van der Waals surface area contributed by atoms with Gasteiger partial charge in [-0.05, 0) is 50.2 Å². The SMILES string of the molecule is CCc1ccc(C(=O)c2ccc(OC(C)C)cc2)o1. The lowest BCUT2D eigenvalue weighted by molar-refractivity contribution is 0.101. The third-order valence-electron chi connectivity index (χ3n) is 2.72. The van der Waals surface area contributed by atoms with Gasteiger partial charge in [-0.25, -0.2) is 0 Å². The van der Waals surface area contributed by atoms with Gasteiger partial charge in [-0.2, -0.15) is 0 Å². The van der Waals surface area contributed by atoms with Crippen molar-refractivity contribution >= 4 is 5.78 Å². The zero-order valence-electron chi connectivity index (χ0n) is 11.5. The Kier molecular flexibility index (Phi) is 4.05. The van der Waals surface area contributed by atoms with Crippen molar-refractivity contribution in [3.63, 3.8) is 0 Å². The Morgan fingerprint density at radius 2 is 1.84 bits per heavy atom. The number of ether oxygens (including phenoxy) is 1. The predicted octanol–water partition coefficient (Wildman–Crippen LogP) is 3.86. The van der Waals surface area contributed by atoms with Crippen LogP contribution in [0, 0.1) is 0 Å². The number of ketones is 1. The maximum atomic E-state index is 12.2. The molecule has 0 aliphatic carbocycles. The average Bonchev–Trinajstić information content (AvgIpc) is 2.87. The van der Waals surface area contributed by atoms with Gasteiger partial charge in [-0.3, -0.25) is 4.79 Å². The topological polar surface area (TPSA) is 39.4 Å². The van der Waals surface area contributed by atoms with E-state index < -0.39 is 0 Å². The van der Waals surface area contributed by atoms with Crippen LogP contribution in [0.25, 0.3) is 0 Å². The summed E-state index contributed by atoms with van der Waals surface area (Å²) < 4.78 is 11.0. The predicted molar refractivity (Wildman–Crippen MR) is 73.7 cm³/mol. The van der Waals surface area contributed by atoms with E-state index in [-0.39, 0.29) is 11.9 Å². The molecular weight excluding hydrogens is 240 g/mol. The molecule has 0 radical (unpaired) electrons. The van der Waals surface area contributed by atoms with Gasteiger partial charge in [-0.15, -0.1) is 0 Å². The number of furan rings is 1. The van der Waals surface area contributed by atoms with Crippen molar-refractivity contribution in [2.24, 2.45) is 0 Å². The van der Waals surface area contributed by atoms with E-state index in [1.54, 1.807) is 30.3 Å². The van der Waals surface area contributed by atoms with Gasteiger partial charge in [0.2, 0.25) is 5.78 Å². The Bertz CT molecular complexity index is 550. The lowest BCUT2D eigenvalue weighted by Crippen LogP contribution is -2.06. The number of hydrogen-bond acceptors (Lipinski definition) is 3. The fourth-order valence-electron chi connectivity index (χ4n) is 1.79. The summed E-state index contributed by atoms with van der Waals surface area (Å²) in [6, 6.07) is 10.7. The molecule has 0 fully saturated rings. The summed E-state index contributed by atoms with van der Waals surface area (Å²) in [6.45, 7) is 5.92. The molecule has 0 aliphatic rings. The van der Waals surface area contributed by atoms with E-state index >= 15 is 0 Å². The van der Waals surface area contributed by atoms with Gasteiger partial charge in [0.25, 0.3) is 0 Å². The molecular formula is C16H18O3. The molecule has 0 bridgehead atoms. The van der Waals surface area contributed by atoms with Crippen molar-refractivity contribution in [2.45, 2.75) is 33.3 Å². The monoisotopic (exact) mass is 258 g/mol. The quantitative estimate of drug-likeness (QED) is 0.764. The highest BCUT2D eigenvalue weighted by atomic mass is 16.5. The number of carbonyl (C=O) groups is 1. The average molecular weight is 258 g/mol. The van der Waals surface area contributed by atoms with Crippen LogP contribution in [0.4, 0.5) is 0 Å². The van der Waals surface area contributed by atoms with Crippen molar-refractivity contribution in [2.75, 3.05) is 0 Å². The van der Waals surface area contributed by atoms with E-state index in [0.29, 0.717) is 11.3 Å². The fraction of sp³-hybridized carbons (Fsp3) is 0.312. The summed E-state index contributed by atoms with van der Waals surface area (Å²) in [7, 11) is 0. The third-order valence-corrected chi connectivity index (χ3v) is 2.72. The Hall–Kier alpha value is -2.03. The van der Waals surface area contributed by atoms with Gasteiger partial charge in [0.1, 0.15) is 11.5 Å². The number of hydrogen-bond donors (Lipinski definition) is 0. The second kappa shape index (κ2) is 5.74. The van der Waals surface area contributed by atoms with Gasteiger partial charge in [0, 0.05) is 12.0 Å². The number of carbonyl (C=O) groups excluding carboxylic acids is 1. The molecule has 0 amide bonds. The Morgan fingerprint density at radius 1 is 1.16 bits per heavy atom. The zero-order chi connectivity index (χ0) is 13.8. The maximum Gasteiger partial charge on any atom is 0.228 e. The van der Waals surface area contributed by atoms with E-state index in [0.717, 1.165) is 17.9 Å². The molecule has 0 spiro atoms. The van der Waals surface area contributed by atoms with E-state index in [1.807, 2.05) is 26.8 Å². The van der Waals surface area contributed by atoms with Gasteiger partial charge in [0.05, 0.1) is 6.10 Å². The van der Waals surface area contributed by atoms with Crippen LogP contribution >= 0.6 is 0 Å². The van der Waals surface area contributed by atoms with Crippen LogP contribution < -0.4 is 4.74 Å². The van der Waals surface area contributed by atoms with Crippen molar-refractivity contribution < 1.29 is 13.9 Å². The molecule has 100 valence electrons. The third kappa shape index (κ3) is 3.25. The summed E-state index contributed by atoms with van der Waals surface area (Å²) in [5, 5.41) is 0. The molecule has 2 rings (SSSR count). The fourth-order valence-corrected chi connectivity index (χ4v) is 1.79. The van der Waals surface area contributed by atoms with Crippen LogP contribution in [0.1, 0.15) is 42.6 Å². The van der Waals surface area contributed by atoms with Crippen LogP contribution in [0.5, 0.6) is 5.75 Å². The molecule has 19 heavy (non-hydrogen) atoms. The second-order valence-electron chi connectivity index (χ2n) is 4.64. The Balaban J connectivity index is 2.15. The van der Waals surface area contributed by atoms with Crippen LogP contribution in [0.2, 0.25) is 0 Å². The minimum Gasteiger partial charge on any atom is -0.491 e. The van der Waals surface area contributed by atoms with Gasteiger partial charge < -0.3 is 9.15 Å². The molecule has 2 aromatic rings. The van der Waals surface area contributed by atoms with E-state index in [9.17, 15) is 4.79 Å². The van der Waals surface area contributed by atoms with Gasteiger partial charge in [-0.1, -0.05) is 6.92 Å². The molecule has 3 nitrogen and oxygen atoms in total. The van der Waals surface area contributed by atoms with Crippen LogP contribution in [0.3, 0.4) is 0 Å². The lowest BCUT2D eigenvalue weighted by Gasteiger charge is -2.09. The molecule has 3 heteroatoms. The van der Waals surface area contributed by atoms with Crippen molar-refractivity contribution in [1.29, 1.82) is 0 Å². The van der Waals surface area contributed by atoms with Gasteiger partial charge >= 0.3 is 0 Å². The number of rotatable bonds is 5. The molecule has 0 saturated heterocycles. The van der Waals surface area contributed by atoms with Crippen molar-refractivity contribution in [3.8, 4) is 5.75 Å². The lowest BCUT2D eigenvalue weighted by atomic mass is 10.1. The van der Waals surface area contributed by atoms with Crippen molar-refractivity contribution in [3.05, 3.63) is 53.5 Å². The maximum absolute atomic E-state index is 12.2. The minimum atomic E-state index is -0.101. The molecule has 0 aliphatic heterocycles. The summed E-state index contributed by atoms with van der Waals surface area (Å²) >= 11 is 0. The highest BCUT2D eigenvalue weighted by Crippen LogP contribution is 2.18. The first-order valence-corrected chi connectivity index (χ1v) is 6.50. The highest BCUT2D eigenvalue weighted by Gasteiger charge is 2.13. The van der Waals surface area contributed by atoms with E-state index in [1.165, 1.54) is 0 Å². The van der Waals surface area contributed by atoms with Crippen LogP contribution in [-0.4, -0.2) is 11.9 Å². The van der Waals surface area contributed by atoms with Gasteiger partial charge in [0.15, 0.2) is 5.76 Å². The second-order valence-corrected chi connectivity index (χ2v) is 4.64. The summed E-state index contributed by atoms with van der Waals surface area (Å²) in [5.74, 6) is 1.87. The molecule has 1 aromatic heterocycles. The first-order valence-electron chi connectivity index (χ1n) is 6.50. The van der Waals surface area contributed by atoms with Crippen LogP contribution in [-0.2, 0) is 6.42 Å². The molecule has 0 unspecified atom stereocenters. The summed E-state index contributed by atoms with van der Waals surface area (Å²) in [4.78, 5) is 12.2. The van der Waals surface area contributed by atoms with E-state index in [4.69, 9.17) is 9.15 Å². The van der Waals surface area contributed by atoms with Crippen molar-refractivity contribution in [1.82, 2.24) is 0 Å². The smallest absolute Gasteiger partial charge is 0.228 e. The standard InChI is InChI=1S/C16H18O3/c1-4-13-9-10-15(19-13)16(17)12-5-7-14(8-6-12)18-11(2)3/h5-11H,4H2,1-3H3. The minimum absolute atomic E-state index is 0.101. The number of aryl methyl sites for hydroxylation is 1. The molecule has 1 heterocycles. The zero-order valence-corrected chi connectivity index (χ0v) is 11.5. The molecule has 0 saturated carbocycles. The summed E-state index contributed by atoms with van der Waals surface area (Å²) in [6.07, 6.45) is 0.910. The Labute approximate surface area is 113 Å². The highest BCUT2D eigenvalue weighted by molar-refractivity contribution is 6.07. The summed E-state index contributed by atoms with van der Waals surface area (Å²) in [5.41, 5.74) is 0.605. The Morgan fingerprint density at radius 3 is 2.37 bits per heavy atom. The molecule has 0 N–H and O–H groups in total.